The molecule has 0 heterocycles. The maximum atomic E-state index is 12.8. The predicted octanol–water partition coefficient (Wildman–Crippen LogP) is 3.12. The number of aryl methyl sites for hydroxylation is 1. The smallest absolute Gasteiger partial charge is 0.388 e. The molecule has 5 heteroatoms. The Labute approximate surface area is 84.3 Å². The molecular weight excluding hydrogens is 212 g/mol. The van der Waals surface area contributed by atoms with Gasteiger partial charge in [0.05, 0.1) is 12.5 Å². The van der Waals surface area contributed by atoms with Gasteiger partial charge in [0.2, 0.25) is 0 Å². The molecule has 1 N–H and O–H groups in total. The van der Waals surface area contributed by atoms with Gasteiger partial charge in [0, 0.05) is 0 Å². The summed E-state index contributed by atoms with van der Waals surface area (Å²) in [5.74, 6) is -0.502. The van der Waals surface area contributed by atoms with E-state index in [4.69, 9.17) is 0 Å². The lowest BCUT2D eigenvalue weighted by Gasteiger charge is -2.14. The molecule has 0 radical (unpaired) electrons. The first kappa shape index (κ1) is 12.0. The third-order valence-electron chi connectivity index (χ3n) is 1.99. The molecule has 15 heavy (non-hydrogen) atoms. The van der Waals surface area contributed by atoms with Gasteiger partial charge in [-0.3, -0.25) is 0 Å². The van der Waals surface area contributed by atoms with Gasteiger partial charge in [0.25, 0.3) is 0 Å². The summed E-state index contributed by atoms with van der Waals surface area (Å²) in [6, 6.07) is 3.41. The molecule has 0 aliphatic heterocycles. The van der Waals surface area contributed by atoms with Crippen LogP contribution in [0.25, 0.3) is 0 Å². The van der Waals surface area contributed by atoms with Crippen molar-refractivity contribution in [2.75, 3.05) is 0 Å². The Hall–Kier alpha value is -1.10. The summed E-state index contributed by atoms with van der Waals surface area (Å²) in [7, 11) is 0. The van der Waals surface area contributed by atoms with Crippen LogP contribution in [0.4, 0.5) is 17.6 Å². The summed E-state index contributed by atoms with van der Waals surface area (Å²) < 4.78 is 48.6. The Balaban J connectivity index is 2.83. The second kappa shape index (κ2) is 4.18. The summed E-state index contributed by atoms with van der Waals surface area (Å²) in [4.78, 5) is 0. The molecule has 0 aromatic heterocycles. The van der Waals surface area contributed by atoms with Gasteiger partial charge < -0.3 is 5.11 Å². The van der Waals surface area contributed by atoms with Gasteiger partial charge in [-0.2, -0.15) is 13.2 Å². The molecule has 0 amide bonds. The van der Waals surface area contributed by atoms with E-state index >= 15 is 0 Å². The molecule has 0 saturated carbocycles. The van der Waals surface area contributed by atoms with E-state index in [2.05, 4.69) is 0 Å². The predicted molar refractivity (Wildman–Crippen MR) is 46.8 cm³/mol. The van der Waals surface area contributed by atoms with E-state index in [-0.39, 0.29) is 11.1 Å². The zero-order chi connectivity index (χ0) is 11.6. The quantitative estimate of drug-likeness (QED) is 0.762. The van der Waals surface area contributed by atoms with Crippen molar-refractivity contribution in [1.82, 2.24) is 0 Å². The number of hydrogen-bond acceptors (Lipinski definition) is 1. The molecular formula is C10H10F4O. The molecule has 1 aromatic carbocycles. The van der Waals surface area contributed by atoms with Crippen molar-refractivity contribution in [3.05, 3.63) is 35.1 Å². The van der Waals surface area contributed by atoms with Crippen molar-refractivity contribution < 1.29 is 22.7 Å². The van der Waals surface area contributed by atoms with E-state index in [1.165, 1.54) is 13.0 Å². The van der Waals surface area contributed by atoms with Crippen molar-refractivity contribution in [2.24, 2.45) is 0 Å². The van der Waals surface area contributed by atoms with Gasteiger partial charge >= 0.3 is 6.18 Å². The van der Waals surface area contributed by atoms with Gasteiger partial charge in [-0.15, -0.1) is 0 Å². The SMILES string of the molecule is Cc1cc(C(O)CC(F)(F)F)ccc1F. The van der Waals surface area contributed by atoms with Crippen LogP contribution < -0.4 is 0 Å². The average molecular weight is 222 g/mol. The molecule has 0 fully saturated rings. The number of alkyl halides is 3. The Kier molecular flexibility index (Phi) is 3.34. The zero-order valence-corrected chi connectivity index (χ0v) is 7.98. The molecule has 1 unspecified atom stereocenters. The van der Waals surface area contributed by atoms with Crippen molar-refractivity contribution in [3.8, 4) is 0 Å². The molecule has 1 rings (SSSR count). The summed E-state index contributed by atoms with van der Waals surface area (Å²) in [6.45, 7) is 1.43. The highest BCUT2D eigenvalue weighted by molar-refractivity contribution is 5.25. The molecule has 0 bridgehead atoms. The molecule has 1 nitrogen and oxygen atoms in total. The van der Waals surface area contributed by atoms with Crippen molar-refractivity contribution in [1.29, 1.82) is 0 Å². The van der Waals surface area contributed by atoms with E-state index in [9.17, 15) is 22.7 Å². The standard InChI is InChI=1S/C10H10F4O/c1-6-4-7(2-3-8(6)11)9(15)5-10(12,13)14/h2-4,9,15H,5H2,1H3. The number of hydrogen-bond donors (Lipinski definition) is 1. The van der Waals surface area contributed by atoms with Crippen LogP contribution in [0.2, 0.25) is 0 Å². The van der Waals surface area contributed by atoms with Crippen LogP contribution in [0.15, 0.2) is 18.2 Å². The lowest BCUT2D eigenvalue weighted by Crippen LogP contribution is -2.13. The third-order valence-corrected chi connectivity index (χ3v) is 1.99. The van der Waals surface area contributed by atoms with Crippen LogP contribution in [0, 0.1) is 12.7 Å². The Morgan fingerprint density at radius 2 is 1.93 bits per heavy atom. The molecule has 84 valence electrons. The lowest BCUT2D eigenvalue weighted by molar-refractivity contribution is -0.154. The Morgan fingerprint density at radius 1 is 1.33 bits per heavy atom. The van der Waals surface area contributed by atoms with Gasteiger partial charge in [0.15, 0.2) is 0 Å². The van der Waals surface area contributed by atoms with Crippen molar-refractivity contribution >= 4 is 0 Å². The summed E-state index contributed by atoms with van der Waals surface area (Å²) in [5.41, 5.74) is 0.292. The van der Waals surface area contributed by atoms with Crippen LogP contribution in [0.1, 0.15) is 23.7 Å². The first-order valence-corrected chi connectivity index (χ1v) is 4.30. The monoisotopic (exact) mass is 222 g/mol. The fraction of sp³-hybridized carbons (Fsp3) is 0.400. The largest absolute Gasteiger partial charge is 0.391 e. The minimum atomic E-state index is -4.43. The molecule has 0 saturated heterocycles. The van der Waals surface area contributed by atoms with Crippen LogP contribution in [-0.2, 0) is 0 Å². The van der Waals surface area contributed by atoms with Gasteiger partial charge in [-0.1, -0.05) is 12.1 Å². The maximum absolute atomic E-state index is 12.8. The molecule has 0 spiro atoms. The van der Waals surface area contributed by atoms with E-state index in [0.717, 1.165) is 12.1 Å². The van der Waals surface area contributed by atoms with E-state index < -0.39 is 24.5 Å². The molecule has 1 atom stereocenters. The van der Waals surface area contributed by atoms with Crippen LogP contribution >= 0.6 is 0 Å². The normalized spacial score (nSPS) is 14.0. The zero-order valence-electron chi connectivity index (χ0n) is 7.98. The van der Waals surface area contributed by atoms with Crippen LogP contribution in [0.3, 0.4) is 0 Å². The minimum absolute atomic E-state index is 0.0752. The number of benzene rings is 1. The van der Waals surface area contributed by atoms with Gasteiger partial charge in [-0.05, 0) is 24.1 Å². The number of aliphatic hydroxyl groups excluding tert-OH is 1. The number of aliphatic hydroxyl groups is 1. The molecule has 0 aliphatic rings. The summed E-state index contributed by atoms with van der Waals surface area (Å²) >= 11 is 0. The Morgan fingerprint density at radius 3 is 2.40 bits per heavy atom. The topological polar surface area (TPSA) is 20.2 Å². The summed E-state index contributed by atoms with van der Waals surface area (Å²) in [6.07, 6.45) is -7.39. The third kappa shape index (κ3) is 3.51. The Bertz CT molecular complexity index is 346. The minimum Gasteiger partial charge on any atom is -0.388 e. The van der Waals surface area contributed by atoms with E-state index in [1.54, 1.807) is 0 Å². The van der Waals surface area contributed by atoms with Gasteiger partial charge in [-0.25, -0.2) is 4.39 Å². The van der Waals surface area contributed by atoms with E-state index in [0.29, 0.717) is 0 Å². The highest BCUT2D eigenvalue weighted by atomic mass is 19.4. The average Bonchev–Trinajstić information content (AvgIpc) is 2.06. The van der Waals surface area contributed by atoms with Crippen LogP contribution in [-0.4, -0.2) is 11.3 Å². The maximum Gasteiger partial charge on any atom is 0.391 e. The van der Waals surface area contributed by atoms with E-state index in [1.807, 2.05) is 0 Å². The first-order valence-electron chi connectivity index (χ1n) is 4.30. The molecule has 0 aliphatic carbocycles. The lowest BCUT2D eigenvalue weighted by atomic mass is 10.0. The van der Waals surface area contributed by atoms with Gasteiger partial charge in [0.1, 0.15) is 5.82 Å². The fourth-order valence-corrected chi connectivity index (χ4v) is 1.21. The first-order chi connectivity index (χ1) is 6.79. The number of rotatable bonds is 2. The molecule has 1 aromatic rings. The second-order valence-electron chi connectivity index (χ2n) is 3.34. The second-order valence-corrected chi connectivity index (χ2v) is 3.34. The van der Waals surface area contributed by atoms with Crippen molar-refractivity contribution in [2.45, 2.75) is 25.6 Å². The highest BCUT2D eigenvalue weighted by Gasteiger charge is 2.31. The summed E-state index contributed by atoms with van der Waals surface area (Å²) in [5, 5.41) is 9.23. The number of halogens is 4. The highest BCUT2D eigenvalue weighted by Crippen LogP contribution is 2.29. The van der Waals surface area contributed by atoms with Crippen LogP contribution in [0.5, 0.6) is 0 Å². The fourth-order valence-electron chi connectivity index (χ4n) is 1.21. The van der Waals surface area contributed by atoms with Crippen molar-refractivity contribution in [3.63, 3.8) is 0 Å².